The van der Waals surface area contributed by atoms with Gasteiger partial charge in [-0.3, -0.25) is 0 Å². The van der Waals surface area contributed by atoms with Gasteiger partial charge in [-0.15, -0.1) is 0 Å². The van der Waals surface area contributed by atoms with Gasteiger partial charge in [0.25, 0.3) is 6.01 Å². The smallest absolute Gasteiger partial charge is 0.297 e. The Labute approximate surface area is 92.8 Å². The topological polar surface area (TPSA) is 68.0 Å². The number of aliphatic hydroxyl groups excluding tert-OH is 1. The van der Waals surface area contributed by atoms with Gasteiger partial charge in [0.05, 0.1) is 6.10 Å². The second kappa shape index (κ2) is 3.73. The predicted octanol–water partition coefficient (Wildman–Crippen LogP) is 0.637. The molecule has 2 fully saturated rings. The minimum Gasteiger partial charge on any atom is -0.432 e. The Kier molecular flexibility index (Phi) is 2.34. The summed E-state index contributed by atoms with van der Waals surface area (Å²) in [6.07, 6.45) is 1.44. The Morgan fingerprint density at radius 1 is 1.50 bits per heavy atom. The van der Waals surface area contributed by atoms with E-state index in [1.165, 1.54) is 6.26 Å². The lowest BCUT2D eigenvalue weighted by Gasteiger charge is -2.31. The highest BCUT2D eigenvalue weighted by molar-refractivity contribution is 5.29. The van der Waals surface area contributed by atoms with Gasteiger partial charge in [-0.2, -0.15) is 4.98 Å². The van der Waals surface area contributed by atoms with Crippen molar-refractivity contribution in [3.63, 3.8) is 0 Å². The van der Waals surface area contributed by atoms with Crippen LogP contribution in [0.25, 0.3) is 0 Å². The molecule has 2 aliphatic rings. The average Bonchev–Trinajstić information content (AvgIpc) is 2.81. The van der Waals surface area contributed by atoms with Gasteiger partial charge < -0.3 is 23.9 Å². The van der Waals surface area contributed by atoms with Gasteiger partial charge in [0.1, 0.15) is 12.0 Å². The number of hydrogen-bond acceptors (Lipinski definition) is 6. The highest BCUT2D eigenvalue weighted by Gasteiger charge is 2.32. The van der Waals surface area contributed by atoms with Crippen LogP contribution < -0.4 is 4.90 Å². The Morgan fingerprint density at radius 2 is 2.31 bits per heavy atom. The van der Waals surface area contributed by atoms with E-state index in [2.05, 4.69) is 4.98 Å². The van der Waals surface area contributed by atoms with E-state index in [-0.39, 0.29) is 12.4 Å². The van der Waals surface area contributed by atoms with Crippen molar-refractivity contribution in [2.24, 2.45) is 0 Å². The van der Waals surface area contributed by atoms with E-state index in [9.17, 15) is 5.11 Å². The molecular formula is C10H14N2O4. The summed E-state index contributed by atoms with van der Waals surface area (Å²) in [5, 5.41) is 9.41. The molecule has 0 saturated carbocycles. The molecule has 1 aromatic heterocycles. The van der Waals surface area contributed by atoms with Crippen LogP contribution in [0.5, 0.6) is 0 Å². The lowest BCUT2D eigenvalue weighted by molar-refractivity contribution is -0.383. The first-order valence-corrected chi connectivity index (χ1v) is 5.42. The summed E-state index contributed by atoms with van der Waals surface area (Å²) in [6.45, 7) is 3.17. The number of nitrogens with zero attached hydrogens (tertiary/aromatic N) is 2. The minimum atomic E-state index is -0.403. The number of aliphatic hydroxyl groups is 1. The number of β-amino-alcohol motifs (C(OH)–C–C–N with tert-alkyl or cyclic N) is 1. The highest BCUT2D eigenvalue weighted by atomic mass is 16.9. The number of hydrogen-bond donors (Lipinski definition) is 1. The van der Waals surface area contributed by atoms with Crippen molar-refractivity contribution in [3.8, 4) is 0 Å². The van der Waals surface area contributed by atoms with Crippen LogP contribution in [0.1, 0.15) is 25.3 Å². The molecule has 6 heteroatoms. The zero-order chi connectivity index (χ0) is 11.1. The minimum absolute atomic E-state index is 0.168. The van der Waals surface area contributed by atoms with E-state index in [0.29, 0.717) is 18.3 Å². The van der Waals surface area contributed by atoms with Crippen LogP contribution in [-0.4, -0.2) is 35.6 Å². The Hall–Kier alpha value is -1.11. The first-order valence-electron chi connectivity index (χ1n) is 5.42. The molecule has 0 radical (unpaired) electrons. The molecule has 0 spiro atoms. The molecule has 0 amide bonds. The van der Waals surface area contributed by atoms with Gasteiger partial charge >= 0.3 is 0 Å². The SMILES string of the molecule is CC1OC(c2coc(N3CC[C@H](O)C3)n2)O1. The van der Waals surface area contributed by atoms with Crippen LogP contribution in [0, 0.1) is 0 Å². The van der Waals surface area contributed by atoms with Crippen molar-refractivity contribution in [1.82, 2.24) is 4.98 Å². The quantitative estimate of drug-likeness (QED) is 0.798. The van der Waals surface area contributed by atoms with E-state index in [1.54, 1.807) is 0 Å². The summed E-state index contributed by atoms with van der Waals surface area (Å²) in [5.74, 6) is 0. The van der Waals surface area contributed by atoms with Gasteiger partial charge in [-0.1, -0.05) is 0 Å². The van der Waals surface area contributed by atoms with Crippen molar-refractivity contribution < 1.29 is 19.0 Å². The predicted molar refractivity (Wildman–Crippen MR) is 53.7 cm³/mol. The third-order valence-electron chi connectivity index (χ3n) is 2.82. The Morgan fingerprint density at radius 3 is 2.94 bits per heavy atom. The molecule has 0 unspecified atom stereocenters. The molecule has 16 heavy (non-hydrogen) atoms. The number of rotatable bonds is 2. The molecule has 3 rings (SSSR count). The first kappa shape index (κ1) is 10.1. The van der Waals surface area contributed by atoms with Crippen LogP contribution in [0.2, 0.25) is 0 Å². The lowest BCUT2D eigenvalue weighted by atomic mass is 10.3. The fourth-order valence-corrected chi connectivity index (χ4v) is 1.94. The molecule has 0 bridgehead atoms. The summed E-state index contributed by atoms with van der Waals surface area (Å²) in [7, 11) is 0. The van der Waals surface area contributed by atoms with Crippen molar-refractivity contribution >= 4 is 6.01 Å². The van der Waals surface area contributed by atoms with E-state index in [4.69, 9.17) is 13.9 Å². The first-order chi connectivity index (χ1) is 7.72. The van der Waals surface area contributed by atoms with Crippen molar-refractivity contribution in [3.05, 3.63) is 12.0 Å². The summed E-state index contributed by atoms with van der Waals surface area (Å²) < 4.78 is 16.0. The van der Waals surface area contributed by atoms with Gasteiger partial charge in [-0.25, -0.2) is 0 Å². The maximum Gasteiger partial charge on any atom is 0.297 e. The van der Waals surface area contributed by atoms with Gasteiger partial charge in [-0.05, 0) is 13.3 Å². The number of anilines is 1. The van der Waals surface area contributed by atoms with E-state index >= 15 is 0 Å². The third kappa shape index (κ3) is 1.68. The zero-order valence-corrected chi connectivity index (χ0v) is 9.00. The molecular weight excluding hydrogens is 212 g/mol. The second-order valence-electron chi connectivity index (χ2n) is 4.12. The summed E-state index contributed by atoms with van der Waals surface area (Å²) in [6, 6.07) is 0.526. The maximum atomic E-state index is 9.41. The summed E-state index contributed by atoms with van der Waals surface area (Å²) in [4.78, 5) is 6.19. The molecule has 0 aliphatic carbocycles. The largest absolute Gasteiger partial charge is 0.432 e. The highest BCUT2D eigenvalue weighted by Crippen LogP contribution is 2.32. The van der Waals surface area contributed by atoms with Crippen LogP contribution in [0.4, 0.5) is 6.01 Å². The normalized spacial score (nSPS) is 34.1. The molecule has 0 aromatic carbocycles. The van der Waals surface area contributed by atoms with Crippen LogP contribution in [-0.2, 0) is 9.47 Å². The third-order valence-corrected chi connectivity index (χ3v) is 2.82. The molecule has 6 nitrogen and oxygen atoms in total. The van der Waals surface area contributed by atoms with Gasteiger partial charge in [0, 0.05) is 13.1 Å². The van der Waals surface area contributed by atoms with Crippen molar-refractivity contribution in [1.29, 1.82) is 0 Å². The Bertz CT molecular complexity index is 375. The monoisotopic (exact) mass is 226 g/mol. The fourth-order valence-electron chi connectivity index (χ4n) is 1.94. The van der Waals surface area contributed by atoms with Crippen LogP contribution in [0.15, 0.2) is 10.7 Å². The van der Waals surface area contributed by atoms with E-state index in [0.717, 1.165) is 13.0 Å². The maximum absolute atomic E-state index is 9.41. The van der Waals surface area contributed by atoms with Crippen LogP contribution >= 0.6 is 0 Å². The fraction of sp³-hybridized carbons (Fsp3) is 0.700. The Balaban J connectivity index is 1.68. The number of aromatic nitrogens is 1. The molecule has 1 aromatic rings. The van der Waals surface area contributed by atoms with Crippen molar-refractivity contribution in [2.45, 2.75) is 32.0 Å². The molecule has 88 valence electrons. The molecule has 2 aliphatic heterocycles. The summed E-state index contributed by atoms with van der Waals surface area (Å²) >= 11 is 0. The van der Waals surface area contributed by atoms with E-state index in [1.807, 2.05) is 11.8 Å². The number of ether oxygens (including phenoxy) is 2. The zero-order valence-electron chi connectivity index (χ0n) is 9.00. The average molecular weight is 226 g/mol. The molecule has 1 N–H and O–H groups in total. The molecule has 3 heterocycles. The van der Waals surface area contributed by atoms with E-state index < -0.39 is 6.29 Å². The summed E-state index contributed by atoms with van der Waals surface area (Å²) in [5.41, 5.74) is 0.648. The molecule has 2 saturated heterocycles. The van der Waals surface area contributed by atoms with Gasteiger partial charge in [0.2, 0.25) is 6.29 Å². The van der Waals surface area contributed by atoms with Crippen LogP contribution in [0.3, 0.4) is 0 Å². The standard InChI is InChI=1S/C10H14N2O4/c1-6-15-9(16-6)8-5-14-10(11-8)12-3-2-7(13)4-12/h5-7,9,13H,2-4H2,1H3/t6?,7-,9?/m0/s1. The number of oxazole rings is 1. The van der Waals surface area contributed by atoms with Gasteiger partial charge in [0.15, 0.2) is 6.29 Å². The molecule has 1 atom stereocenters. The lowest BCUT2D eigenvalue weighted by Crippen LogP contribution is -2.31. The van der Waals surface area contributed by atoms with Crippen molar-refractivity contribution in [2.75, 3.05) is 18.0 Å². The second-order valence-corrected chi connectivity index (χ2v) is 4.12.